The molecule has 0 aromatic rings. The maximum absolute atomic E-state index is 8.88. The van der Waals surface area contributed by atoms with Crippen LogP contribution in [0.5, 0.6) is 0 Å². The number of hydrogen-bond acceptors (Lipinski definition) is 5. The average Bonchev–Trinajstić information content (AvgIpc) is 1.56. The molecule has 12 heteroatoms. The predicted molar refractivity (Wildman–Crippen MR) is 37.7 cm³/mol. The van der Waals surface area contributed by atoms with E-state index >= 15 is 0 Å². The average molecular weight is 244 g/mol. The van der Waals surface area contributed by atoms with E-state index in [1.807, 2.05) is 0 Å². The van der Waals surface area contributed by atoms with E-state index in [-0.39, 0.29) is 0 Å². The molecule has 0 aromatic heterocycles. The summed E-state index contributed by atoms with van der Waals surface area (Å²) in [5.41, 5.74) is 0. The molecule has 0 bridgehead atoms. The molecule has 0 unspecified atom stereocenters. The molecule has 0 atom stereocenters. The van der Waals surface area contributed by atoms with Crippen LogP contribution in [0.4, 0.5) is 0 Å². The van der Waals surface area contributed by atoms with Crippen molar-refractivity contribution in [2.24, 2.45) is 0 Å². The fourth-order valence-corrected chi connectivity index (χ4v) is 0. The Morgan fingerprint density at radius 2 is 1.08 bits per heavy atom. The molecule has 0 radical (unpaired) electrons. The third kappa shape index (κ3) is 4090. The lowest BCUT2D eigenvalue weighted by molar-refractivity contribution is 0.275. The molecule has 0 fully saturated rings. The van der Waals surface area contributed by atoms with Gasteiger partial charge in [-0.3, -0.25) is 0 Å². The maximum atomic E-state index is 8.88. The van der Waals surface area contributed by atoms with Crippen LogP contribution in [0, 0.1) is 0 Å². The van der Waals surface area contributed by atoms with Gasteiger partial charge in [-0.05, 0) is 0 Å². The second kappa shape index (κ2) is 11.5. The molecule has 0 aromatic carbocycles. The molecule has 9 nitrogen and oxygen atoms in total. The first kappa shape index (κ1) is 18.3. The van der Waals surface area contributed by atoms with Crippen LogP contribution in [0.25, 0.3) is 0 Å². The minimum absolute atomic E-state index is 0.833. The van der Waals surface area contributed by atoms with Gasteiger partial charge in [0, 0.05) is 0 Å². The summed E-state index contributed by atoms with van der Waals surface area (Å²) in [5.74, 6) is 0. The van der Waals surface area contributed by atoms with Gasteiger partial charge in [0.1, 0.15) is 0 Å². The van der Waals surface area contributed by atoms with Gasteiger partial charge in [-0.15, -0.1) is 0 Å². The van der Waals surface area contributed by atoms with E-state index < -0.39 is 25.1 Å². The summed E-state index contributed by atoms with van der Waals surface area (Å²) in [7, 11) is -8.09. The van der Waals surface area contributed by atoms with Gasteiger partial charge in [-0.25, -0.2) is 9.13 Å². The number of hydrogen-bond donors (Lipinski definition) is 7. The summed E-state index contributed by atoms with van der Waals surface area (Å²) in [6.07, 6.45) is 0. The Labute approximate surface area is 69.5 Å². The van der Waals surface area contributed by atoms with E-state index in [4.69, 9.17) is 43.4 Å². The van der Waals surface area contributed by atoms with Crippen molar-refractivity contribution in [2.75, 3.05) is 0 Å². The lowest BCUT2D eigenvalue weighted by atomic mass is 15.8. The van der Waals surface area contributed by atoms with Crippen molar-refractivity contribution in [3.05, 3.63) is 0 Å². The fourth-order valence-electron chi connectivity index (χ4n) is 0. The van der Waals surface area contributed by atoms with Gasteiger partial charge in [0.05, 0.1) is 0 Å². The van der Waals surface area contributed by atoms with E-state index in [0.717, 1.165) is 0 Å². The van der Waals surface area contributed by atoms with Gasteiger partial charge in [-0.2, -0.15) is 0 Å². The highest BCUT2D eigenvalue weighted by atomic mass is 31.2. The third-order valence-electron chi connectivity index (χ3n) is 0. The minimum Gasteiger partial charge on any atom is -0.328 e. The molecule has 0 spiro atoms. The van der Waals surface area contributed by atoms with E-state index in [1.54, 1.807) is 0 Å². The predicted octanol–water partition coefficient (Wildman–Crippen LogP) is -1.55. The van der Waals surface area contributed by atoms with Crippen LogP contribution in [-0.2, 0) is 9.13 Å². The first-order valence-corrected chi connectivity index (χ1v) is 5.30. The molecule has 0 aliphatic heterocycles. The van der Waals surface area contributed by atoms with Crippen molar-refractivity contribution >= 4 is 25.1 Å². The highest BCUT2D eigenvalue weighted by Gasteiger charge is 2.00. The van der Waals surface area contributed by atoms with Crippen LogP contribution in [0.15, 0.2) is 0 Å². The lowest BCUT2D eigenvalue weighted by Crippen LogP contribution is -1.66. The Bertz CT molecular complexity index is 111. The molecule has 0 rings (SSSR count). The Balaban J connectivity index is -0.000000105. The van der Waals surface area contributed by atoms with Crippen molar-refractivity contribution in [1.82, 2.24) is 0 Å². The number of phosphoric acid groups is 1. The van der Waals surface area contributed by atoms with Crippen LogP contribution in [0.2, 0.25) is 0 Å². The smallest absolute Gasteiger partial charge is 0.328 e. The van der Waals surface area contributed by atoms with Crippen LogP contribution in [0.3, 0.4) is 0 Å². The highest BCUT2D eigenvalue weighted by Crippen LogP contribution is 2.25. The topological polar surface area (TPSA) is 176 Å². The van der Waals surface area contributed by atoms with Gasteiger partial charge < -0.3 is 34.3 Å². The van der Waals surface area contributed by atoms with Gasteiger partial charge >= 0.3 is 25.1 Å². The SMILES string of the molecule is O=P(O)(O)O.O=PO.OP(O)O. The summed E-state index contributed by atoms with van der Waals surface area (Å²) in [4.78, 5) is 50.2. The van der Waals surface area contributed by atoms with Crippen LogP contribution < -0.4 is 0 Å². The molecule has 12 heavy (non-hydrogen) atoms. The first-order chi connectivity index (χ1) is 5.15. The van der Waals surface area contributed by atoms with E-state index in [0.29, 0.717) is 0 Å². The van der Waals surface area contributed by atoms with Crippen molar-refractivity contribution in [1.29, 1.82) is 0 Å². The van der Waals surface area contributed by atoms with Crippen molar-refractivity contribution in [3.63, 3.8) is 0 Å². The zero-order valence-corrected chi connectivity index (χ0v) is 7.97. The fraction of sp³-hybridized carbons (Fsp3) is 0. The van der Waals surface area contributed by atoms with Crippen LogP contribution in [-0.4, -0.2) is 34.3 Å². The summed E-state index contributed by atoms with van der Waals surface area (Å²) in [6, 6.07) is 0. The maximum Gasteiger partial charge on any atom is 0.466 e. The van der Waals surface area contributed by atoms with E-state index in [9.17, 15) is 0 Å². The number of rotatable bonds is 0. The Hall–Kier alpha value is 0.480. The Kier molecular flexibility index (Phi) is 17.5. The molecule has 0 aliphatic rings. The summed E-state index contributed by atoms with van der Waals surface area (Å²) >= 11 is 0. The summed E-state index contributed by atoms with van der Waals surface area (Å²) < 4.78 is 17.3. The van der Waals surface area contributed by atoms with Crippen LogP contribution >= 0.6 is 25.1 Å². The van der Waals surface area contributed by atoms with Crippen molar-refractivity contribution in [2.45, 2.75) is 0 Å². The van der Waals surface area contributed by atoms with Crippen LogP contribution in [0.1, 0.15) is 0 Å². The molecule has 0 aliphatic carbocycles. The first-order valence-electron chi connectivity index (χ1n) is 1.77. The molecule has 0 saturated carbocycles. The lowest BCUT2D eigenvalue weighted by Gasteiger charge is -1.82. The second-order valence-electron chi connectivity index (χ2n) is 0.863. The summed E-state index contributed by atoms with van der Waals surface area (Å²) in [5, 5.41) is 0. The zero-order valence-electron chi connectivity index (χ0n) is 5.29. The monoisotopic (exact) mass is 244 g/mol. The van der Waals surface area contributed by atoms with Gasteiger partial charge in [0.25, 0.3) is 0 Å². The molecular formula is H7O9P3. The minimum atomic E-state index is -4.64. The van der Waals surface area contributed by atoms with E-state index in [2.05, 4.69) is 0 Å². The van der Waals surface area contributed by atoms with Gasteiger partial charge in [0.2, 0.25) is 0 Å². The normalized spacial score (nSPS) is 9.67. The van der Waals surface area contributed by atoms with Crippen molar-refractivity contribution in [3.8, 4) is 0 Å². The second-order valence-corrected chi connectivity index (χ2v) is 2.59. The zero-order chi connectivity index (χ0) is 10.8. The summed E-state index contributed by atoms with van der Waals surface area (Å²) in [6.45, 7) is 0. The van der Waals surface area contributed by atoms with Gasteiger partial charge in [-0.1, -0.05) is 0 Å². The van der Waals surface area contributed by atoms with Gasteiger partial charge in [0.15, 0.2) is 0 Å². The largest absolute Gasteiger partial charge is 0.466 e. The molecular weight excluding hydrogens is 237 g/mol. The standard InChI is InChI=1S/H3O4P.H3O3P.HO2P/c1-5(2,3)4;1-4(2)3;1-3-2/h(H3,1,2,3,4);1-3H;(H,1,2). The molecule has 76 valence electrons. The Morgan fingerprint density at radius 1 is 1.08 bits per heavy atom. The third-order valence-corrected chi connectivity index (χ3v) is 0. The Morgan fingerprint density at radius 3 is 1.08 bits per heavy atom. The molecule has 0 saturated heterocycles. The molecule has 7 N–H and O–H groups in total. The van der Waals surface area contributed by atoms with E-state index in [1.165, 1.54) is 0 Å². The highest BCUT2D eigenvalue weighted by molar-refractivity contribution is 7.45. The molecule has 0 amide bonds. The van der Waals surface area contributed by atoms with Crippen molar-refractivity contribution < 1.29 is 43.4 Å². The quantitative estimate of drug-likeness (QED) is 0.248. The molecule has 0 heterocycles.